The molecular weight excluding hydrogens is 547 g/mol. The molecule has 5 heterocycles. The Hall–Kier alpha value is -3.09. The Morgan fingerprint density at radius 2 is 1.75 bits per heavy atom. The van der Waals surface area contributed by atoms with Crippen LogP contribution in [0.2, 0.25) is 5.02 Å². The Kier molecular flexibility index (Phi) is 5.62. The topological polar surface area (TPSA) is 82.8 Å². The van der Waals surface area contributed by atoms with Crippen molar-refractivity contribution in [3.8, 4) is 11.4 Å². The molecule has 1 N–H and O–H groups in total. The van der Waals surface area contributed by atoms with Crippen molar-refractivity contribution in [3.63, 3.8) is 0 Å². The van der Waals surface area contributed by atoms with Crippen LogP contribution in [0.25, 0.3) is 5.69 Å². The lowest BCUT2D eigenvalue weighted by atomic mass is 9.73. The van der Waals surface area contributed by atoms with Gasteiger partial charge in [0.25, 0.3) is 0 Å². The summed E-state index contributed by atoms with van der Waals surface area (Å²) in [6, 6.07) is 9.03. The molecule has 9 nitrogen and oxygen atoms in total. The summed E-state index contributed by atoms with van der Waals surface area (Å²) in [5, 5.41) is 19.6. The number of aliphatic hydroxyl groups is 1. The van der Waals surface area contributed by atoms with E-state index in [2.05, 4.69) is 25.0 Å². The van der Waals surface area contributed by atoms with Gasteiger partial charge < -0.3 is 19.6 Å². The van der Waals surface area contributed by atoms with E-state index in [1.165, 1.54) is 0 Å². The Morgan fingerprint density at radius 3 is 2.45 bits per heavy atom. The number of aryl methyl sites for hydroxylation is 1. The van der Waals surface area contributed by atoms with Gasteiger partial charge in [-0.1, -0.05) is 11.6 Å². The molecule has 0 radical (unpaired) electrons. The van der Waals surface area contributed by atoms with Crippen LogP contribution in [0.15, 0.2) is 30.3 Å². The van der Waals surface area contributed by atoms with E-state index in [0.717, 1.165) is 60.6 Å². The fourth-order valence-corrected chi connectivity index (χ4v) is 6.81. The predicted molar refractivity (Wildman–Crippen MR) is 142 cm³/mol. The highest BCUT2D eigenvalue weighted by Gasteiger charge is 2.62. The number of alkyl halides is 3. The van der Waals surface area contributed by atoms with Gasteiger partial charge in [-0.05, 0) is 42.8 Å². The minimum absolute atomic E-state index is 0.121. The molecule has 2 aromatic heterocycles. The SMILES string of the molecule is COc1ccc(C)nc1N1CC2(C1)CN(c1nnc3n1-c1ccc(Cl)cc1CN(C1CC(O)(C(F)(F)F)C1)C3)C2. The number of anilines is 2. The molecule has 3 aromatic rings. The van der Waals surface area contributed by atoms with E-state index in [-0.39, 0.29) is 18.3 Å². The molecule has 13 heteroatoms. The zero-order chi connectivity index (χ0) is 28.0. The number of hydrogen-bond acceptors (Lipinski definition) is 8. The Morgan fingerprint density at radius 1 is 1.02 bits per heavy atom. The molecule has 0 amide bonds. The van der Waals surface area contributed by atoms with Crippen LogP contribution in [0.5, 0.6) is 5.75 Å². The average molecular weight is 576 g/mol. The van der Waals surface area contributed by atoms with Crippen LogP contribution in [0.3, 0.4) is 0 Å². The lowest BCUT2D eigenvalue weighted by Crippen LogP contribution is -2.73. The Balaban J connectivity index is 1.11. The molecule has 1 spiro atoms. The first kappa shape index (κ1) is 25.8. The van der Waals surface area contributed by atoms with Gasteiger partial charge in [-0.15, -0.1) is 10.2 Å². The van der Waals surface area contributed by atoms with Gasteiger partial charge in [0.1, 0.15) is 0 Å². The van der Waals surface area contributed by atoms with E-state index in [1.807, 2.05) is 40.7 Å². The van der Waals surface area contributed by atoms with Crippen LogP contribution in [0.4, 0.5) is 24.9 Å². The molecule has 3 fully saturated rings. The summed E-state index contributed by atoms with van der Waals surface area (Å²) in [5.74, 6) is 3.00. The van der Waals surface area contributed by atoms with Crippen molar-refractivity contribution in [1.82, 2.24) is 24.6 Å². The third-order valence-corrected chi connectivity index (χ3v) is 9.03. The second-order valence-corrected chi connectivity index (χ2v) is 12.1. The number of hydrogen-bond donors (Lipinski definition) is 1. The van der Waals surface area contributed by atoms with Gasteiger partial charge in [0.2, 0.25) is 5.95 Å². The lowest BCUT2D eigenvalue weighted by Gasteiger charge is -2.60. The zero-order valence-corrected chi connectivity index (χ0v) is 22.9. The van der Waals surface area contributed by atoms with Gasteiger partial charge in [-0.25, -0.2) is 4.98 Å². The summed E-state index contributed by atoms with van der Waals surface area (Å²) >= 11 is 6.33. The van der Waals surface area contributed by atoms with Crippen molar-refractivity contribution in [3.05, 3.63) is 52.4 Å². The standard InChI is InChI=1S/C27H29ClF3N7O2/c1-16-3-6-21(40-2)23(32-16)36-12-25(13-36)14-37(15-25)24-34-33-22-11-35(19-8-26(39,9-19)27(29,30)31)10-17-7-18(28)4-5-20(17)38(22)24/h3-7,19,39H,8-15H2,1-2H3. The van der Waals surface area contributed by atoms with E-state index in [4.69, 9.17) is 16.3 Å². The molecule has 7 rings (SSSR count). The molecular formula is C27H29ClF3N7O2. The maximum absolute atomic E-state index is 13.3. The average Bonchev–Trinajstić information content (AvgIpc) is 3.15. The van der Waals surface area contributed by atoms with Crippen LogP contribution < -0.4 is 14.5 Å². The fraction of sp³-hybridized carbons (Fsp3) is 0.519. The Bertz CT molecular complexity index is 1480. The molecule has 0 unspecified atom stereocenters. The summed E-state index contributed by atoms with van der Waals surface area (Å²) in [7, 11) is 1.65. The van der Waals surface area contributed by atoms with Gasteiger partial charge in [0.05, 0.1) is 19.3 Å². The van der Waals surface area contributed by atoms with E-state index in [9.17, 15) is 18.3 Å². The number of nitrogens with zero attached hydrogens (tertiary/aromatic N) is 7. The normalized spacial score (nSPS) is 25.4. The number of benzene rings is 1. The Labute approximate surface area is 234 Å². The minimum Gasteiger partial charge on any atom is -0.493 e. The minimum atomic E-state index is -4.64. The lowest BCUT2D eigenvalue weighted by molar-refractivity contribution is -0.300. The number of aromatic nitrogens is 4. The van der Waals surface area contributed by atoms with E-state index in [0.29, 0.717) is 23.9 Å². The number of rotatable bonds is 4. The monoisotopic (exact) mass is 575 g/mol. The molecule has 1 saturated carbocycles. The summed E-state index contributed by atoms with van der Waals surface area (Å²) in [5.41, 5.74) is 0.183. The van der Waals surface area contributed by atoms with Crippen LogP contribution in [0, 0.1) is 12.3 Å². The van der Waals surface area contributed by atoms with Crippen molar-refractivity contribution < 1.29 is 23.0 Å². The molecule has 0 bridgehead atoms. The molecule has 2 saturated heterocycles. The zero-order valence-electron chi connectivity index (χ0n) is 22.1. The third-order valence-electron chi connectivity index (χ3n) is 8.79. The van der Waals surface area contributed by atoms with Gasteiger partial charge in [0.15, 0.2) is 23.0 Å². The summed E-state index contributed by atoms with van der Waals surface area (Å²) < 4.78 is 47.5. The van der Waals surface area contributed by atoms with Crippen LogP contribution in [-0.4, -0.2) is 80.9 Å². The second kappa shape index (κ2) is 8.70. The fourth-order valence-electron chi connectivity index (χ4n) is 6.62. The van der Waals surface area contributed by atoms with Gasteiger partial charge in [0, 0.05) is 67.7 Å². The molecule has 1 aromatic carbocycles. The van der Waals surface area contributed by atoms with E-state index >= 15 is 0 Å². The molecule has 4 aliphatic rings. The maximum atomic E-state index is 13.3. The van der Waals surface area contributed by atoms with Crippen molar-refractivity contribution >= 4 is 23.4 Å². The first-order valence-electron chi connectivity index (χ1n) is 13.3. The largest absolute Gasteiger partial charge is 0.493 e. The number of methoxy groups -OCH3 is 1. The number of halogens is 4. The van der Waals surface area contributed by atoms with Crippen molar-refractivity contribution in [2.24, 2.45) is 5.41 Å². The molecule has 1 aliphatic carbocycles. The number of pyridine rings is 1. The van der Waals surface area contributed by atoms with Crippen molar-refractivity contribution in [2.75, 3.05) is 43.1 Å². The number of fused-ring (bicyclic) bond motifs is 3. The number of ether oxygens (including phenoxy) is 1. The van der Waals surface area contributed by atoms with E-state index < -0.39 is 17.8 Å². The third kappa shape index (κ3) is 3.94. The summed E-state index contributed by atoms with van der Waals surface area (Å²) in [4.78, 5) is 11.1. The first-order chi connectivity index (χ1) is 19.0. The van der Waals surface area contributed by atoms with Crippen molar-refractivity contribution in [2.45, 2.75) is 50.7 Å². The van der Waals surface area contributed by atoms with Crippen LogP contribution >= 0.6 is 11.6 Å². The van der Waals surface area contributed by atoms with Gasteiger partial charge >= 0.3 is 6.18 Å². The van der Waals surface area contributed by atoms with Crippen LogP contribution in [0.1, 0.15) is 29.9 Å². The predicted octanol–water partition coefficient (Wildman–Crippen LogP) is 3.73. The molecule has 40 heavy (non-hydrogen) atoms. The van der Waals surface area contributed by atoms with Gasteiger partial charge in [-0.3, -0.25) is 9.47 Å². The summed E-state index contributed by atoms with van der Waals surface area (Å²) in [6.45, 7) is 6.04. The second-order valence-electron chi connectivity index (χ2n) is 11.7. The highest BCUT2D eigenvalue weighted by Crippen LogP contribution is 2.49. The smallest absolute Gasteiger partial charge is 0.417 e. The molecule has 3 aliphatic heterocycles. The van der Waals surface area contributed by atoms with Gasteiger partial charge in [-0.2, -0.15) is 13.2 Å². The molecule has 0 atom stereocenters. The molecule has 212 valence electrons. The first-order valence-corrected chi connectivity index (χ1v) is 13.6. The highest BCUT2D eigenvalue weighted by molar-refractivity contribution is 6.30. The quantitative estimate of drug-likeness (QED) is 0.504. The van der Waals surface area contributed by atoms with E-state index in [1.54, 1.807) is 13.2 Å². The highest BCUT2D eigenvalue weighted by atomic mass is 35.5. The van der Waals surface area contributed by atoms with Crippen molar-refractivity contribution in [1.29, 1.82) is 0 Å². The van der Waals surface area contributed by atoms with Crippen LogP contribution in [-0.2, 0) is 13.1 Å². The summed E-state index contributed by atoms with van der Waals surface area (Å²) in [6.07, 6.45) is -5.37. The maximum Gasteiger partial charge on any atom is 0.417 e.